The van der Waals surface area contributed by atoms with Gasteiger partial charge in [0.1, 0.15) is 0 Å². The third-order valence-corrected chi connectivity index (χ3v) is 1.86. The molecule has 0 saturated heterocycles. The Hall–Kier alpha value is -1.16. The molecule has 0 aliphatic rings. The Morgan fingerprint density at radius 1 is 1.69 bits per heavy atom. The Bertz CT molecular complexity index is 230. The fourth-order valence-electron chi connectivity index (χ4n) is 1.01. The summed E-state index contributed by atoms with van der Waals surface area (Å²) < 4.78 is 1.83. The monoisotopic (exact) mass is 180 g/mol. The maximum Gasteiger partial charge on any atom is 0.0692 e. The van der Waals surface area contributed by atoms with Crippen LogP contribution in [0.1, 0.15) is 13.3 Å². The van der Waals surface area contributed by atoms with E-state index < -0.39 is 0 Å². The predicted octanol–water partition coefficient (Wildman–Crippen LogP) is 0.832. The highest BCUT2D eigenvalue weighted by Gasteiger charge is 1.94. The molecule has 0 spiro atoms. The molecule has 0 amide bonds. The molecule has 0 radical (unpaired) electrons. The van der Waals surface area contributed by atoms with Gasteiger partial charge in [0.2, 0.25) is 0 Å². The van der Waals surface area contributed by atoms with Gasteiger partial charge in [-0.05, 0) is 19.9 Å². The number of nitrogens with one attached hydrogen (secondary N) is 1. The number of aromatic nitrogens is 3. The quantitative estimate of drug-likeness (QED) is 0.521. The Morgan fingerprint density at radius 2 is 2.54 bits per heavy atom. The van der Waals surface area contributed by atoms with E-state index in [0.29, 0.717) is 6.04 Å². The van der Waals surface area contributed by atoms with Gasteiger partial charge < -0.3 is 5.32 Å². The predicted molar refractivity (Wildman–Crippen MR) is 52.3 cm³/mol. The highest BCUT2D eigenvalue weighted by Crippen LogP contribution is 1.87. The van der Waals surface area contributed by atoms with E-state index in [1.165, 1.54) is 0 Å². The maximum absolute atomic E-state index is 3.87. The fraction of sp³-hybridized carbons (Fsp3) is 0.556. The zero-order chi connectivity index (χ0) is 9.52. The second kappa shape index (κ2) is 5.48. The van der Waals surface area contributed by atoms with Gasteiger partial charge >= 0.3 is 0 Å². The molecule has 0 fully saturated rings. The van der Waals surface area contributed by atoms with Crippen molar-refractivity contribution in [3.63, 3.8) is 0 Å². The van der Waals surface area contributed by atoms with Crippen molar-refractivity contribution >= 4 is 0 Å². The molecule has 0 aromatic carbocycles. The first kappa shape index (κ1) is 9.92. The van der Waals surface area contributed by atoms with Crippen LogP contribution in [-0.2, 0) is 6.54 Å². The molecule has 72 valence electrons. The van der Waals surface area contributed by atoms with E-state index in [1.807, 2.05) is 17.0 Å². The van der Waals surface area contributed by atoms with Gasteiger partial charge in [-0.2, -0.15) is 0 Å². The molecule has 1 unspecified atom stereocenters. The standard InChI is InChI=1S/C9H16N4/c1-3-9(2)10-5-4-7-13-8-6-11-12-13/h3,6,8-10H,1,4-5,7H2,2H3. The highest BCUT2D eigenvalue weighted by molar-refractivity contribution is 4.80. The van der Waals surface area contributed by atoms with E-state index in [4.69, 9.17) is 0 Å². The van der Waals surface area contributed by atoms with Crippen LogP contribution in [-0.4, -0.2) is 27.6 Å². The summed E-state index contributed by atoms with van der Waals surface area (Å²) in [6.45, 7) is 7.68. The van der Waals surface area contributed by atoms with Crippen molar-refractivity contribution in [1.29, 1.82) is 0 Å². The molecule has 4 heteroatoms. The highest BCUT2D eigenvalue weighted by atomic mass is 15.4. The molecular formula is C9H16N4. The minimum absolute atomic E-state index is 0.385. The number of nitrogens with zero attached hydrogens (tertiary/aromatic N) is 3. The molecule has 1 N–H and O–H groups in total. The first-order chi connectivity index (χ1) is 6.33. The fourth-order valence-corrected chi connectivity index (χ4v) is 1.01. The second-order valence-electron chi connectivity index (χ2n) is 3.00. The van der Waals surface area contributed by atoms with Crippen molar-refractivity contribution in [2.45, 2.75) is 25.9 Å². The molecule has 0 saturated carbocycles. The Labute approximate surface area is 78.6 Å². The molecular weight excluding hydrogens is 164 g/mol. The van der Waals surface area contributed by atoms with Crippen LogP contribution in [0.15, 0.2) is 25.0 Å². The van der Waals surface area contributed by atoms with E-state index in [0.717, 1.165) is 19.5 Å². The molecule has 1 aromatic rings. The van der Waals surface area contributed by atoms with Crippen LogP contribution in [0, 0.1) is 0 Å². The molecule has 0 bridgehead atoms. The van der Waals surface area contributed by atoms with E-state index in [9.17, 15) is 0 Å². The average Bonchev–Trinajstić information content (AvgIpc) is 2.64. The van der Waals surface area contributed by atoms with Gasteiger partial charge in [0.25, 0.3) is 0 Å². The Kier molecular flexibility index (Phi) is 4.18. The summed E-state index contributed by atoms with van der Waals surface area (Å²) in [5, 5.41) is 10.9. The summed E-state index contributed by atoms with van der Waals surface area (Å²) in [7, 11) is 0. The van der Waals surface area contributed by atoms with Crippen molar-refractivity contribution in [1.82, 2.24) is 20.3 Å². The van der Waals surface area contributed by atoms with Crippen LogP contribution in [0.5, 0.6) is 0 Å². The number of aryl methyl sites for hydroxylation is 1. The van der Waals surface area contributed by atoms with Gasteiger partial charge in [-0.15, -0.1) is 11.7 Å². The number of rotatable bonds is 6. The Balaban J connectivity index is 2.05. The van der Waals surface area contributed by atoms with Crippen molar-refractivity contribution in [2.24, 2.45) is 0 Å². The van der Waals surface area contributed by atoms with Crippen LogP contribution in [0.3, 0.4) is 0 Å². The first-order valence-electron chi connectivity index (χ1n) is 4.53. The van der Waals surface area contributed by atoms with Gasteiger partial charge in [0.05, 0.1) is 6.20 Å². The van der Waals surface area contributed by atoms with Crippen molar-refractivity contribution in [2.75, 3.05) is 6.54 Å². The lowest BCUT2D eigenvalue weighted by atomic mass is 10.3. The third kappa shape index (κ3) is 3.85. The zero-order valence-electron chi connectivity index (χ0n) is 7.98. The molecule has 0 aliphatic heterocycles. The van der Waals surface area contributed by atoms with Gasteiger partial charge in [-0.25, -0.2) is 0 Å². The zero-order valence-corrected chi connectivity index (χ0v) is 7.98. The number of hydrogen-bond acceptors (Lipinski definition) is 3. The van der Waals surface area contributed by atoms with Crippen LogP contribution >= 0.6 is 0 Å². The SMILES string of the molecule is C=CC(C)NCCCn1ccnn1. The van der Waals surface area contributed by atoms with Crippen molar-refractivity contribution < 1.29 is 0 Å². The van der Waals surface area contributed by atoms with Gasteiger partial charge in [-0.1, -0.05) is 11.3 Å². The van der Waals surface area contributed by atoms with Crippen LogP contribution < -0.4 is 5.32 Å². The van der Waals surface area contributed by atoms with E-state index in [2.05, 4.69) is 29.1 Å². The summed E-state index contributed by atoms with van der Waals surface area (Å²) >= 11 is 0. The second-order valence-corrected chi connectivity index (χ2v) is 3.00. The lowest BCUT2D eigenvalue weighted by Crippen LogP contribution is -2.25. The van der Waals surface area contributed by atoms with Crippen LogP contribution in [0.4, 0.5) is 0 Å². The third-order valence-electron chi connectivity index (χ3n) is 1.86. The van der Waals surface area contributed by atoms with Crippen molar-refractivity contribution in [3.8, 4) is 0 Å². The molecule has 4 nitrogen and oxygen atoms in total. The minimum atomic E-state index is 0.385. The van der Waals surface area contributed by atoms with Gasteiger partial charge in [0.15, 0.2) is 0 Å². The lowest BCUT2D eigenvalue weighted by molar-refractivity contribution is 0.518. The summed E-state index contributed by atoms with van der Waals surface area (Å²) in [6, 6.07) is 0.385. The molecule has 1 atom stereocenters. The Morgan fingerprint density at radius 3 is 3.15 bits per heavy atom. The summed E-state index contributed by atoms with van der Waals surface area (Å²) in [5.41, 5.74) is 0. The van der Waals surface area contributed by atoms with Gasteiger partial charge in [-0.3, -0.25) is 4.68 Å². The largest absolute Gasteiger partial charge is 0.311 e. The summed E-state index contributed by atoms with van der Waals surface area (Å²) in [6.07, 6.45) is 6.52. The van der Waals surface area contributed by atoms with Crippen LogP contribution in [0.25, 0.3) is 0 Å². The normalized spacial score (nSPS) is 12.7. The first-order valence-corrected chi connectivity index (χ1v) is 4.53. The van der Waals surface area contributed by atoms with Gasteiger partial charge in [0, 0.05) is 18.8 Å². The topological polar surface area (TPSA) is 42.7 Å². The smallest absolute Gasteiger partial charge is 0.0692 e. The van der Waals surface area contributed by atoms with Crippen LogP contribution in [0.2, 0.25) is 0 Å². The average molecular weight is 180 g/mol. The minimum Gasteiger partial charge on any atom is -0.311 e. The summed E-state index contributed by atoms with van der Waals surface area (Å²) in [5.74, 6) is 0. The maximum atomic E-state index is 3.87. The van der Waals surface area contributed by atoms with E-state index in [-0.39, 0.29) is 0 Å². The number of hydrogen-bond donors (Lipinski definition) is 1. The molecule has 1 aromatic heterocycles. The van der Waals surface area contributed by atoms with E-state index >= 15 is 0 Å². The van der Waals surface area contributed by atoms with E-state index in [1.54, 1.807) is 6.20 Å². The lowest BCUT2D eigenvalue weighted by Gasteiger charge is -2.07. The molecule has 13 heavy (non-hydrogen) atoms. The van der Waals surface area contributed by atoms with Crippen molar-refractivity contribution in [3.05, 3.63) is 25.0 Å². The molecule has 1 heterocycles. The molecule has 0 aliphatic carbocycles. The summed E-state index contributed by atoms with van der Waals surface area (Å²) in [4.78, 5) is 0. The molecule has 1 rings (SSSR count).